The van der Waals surface area contributed by atoms with E-state index >= 15 is 0 Å². The third kappa shape index (κ3) is 3.79. The second kappa shape index (κ2) is 8.30. The standard InChI is InChI=1S/C23H24N2O3/c1-27-20-12-10-17(11-13-20)21-5-3-2-4-14-25(21)23(26)19-8-6-18(7-9-19)22-15-24-16-28-22/h6-13,15-16,21H,2-5,14H2,1H3/t21-/m0/s1. The van der Waals surface area contributed by atoms with Crippen LogP contribution in [-0.2, 0) is 0 Å². The molecule has 5 nitrogen and oxygen atoms in total. The molecule has 1 aliphatic rings. The molecule has 4 rings (SSSR count). The second-order valence-electron chi connectivity index (χ2n) is 7.08. The van der Waals surface area contributed by atoms with Gasteiger partial charge in [-0.25, -0.2) is 4.98 Å². The maximum absolute atomic E-state index is 13.3. The molecule has 0 bridgehead atoms. The van der Waals surface area contributed by atoms with Crippen molar-refractivity contribution in [1.29, 1.82) is 0 Å². The Hall–Kier alpha value is -3.08. The molecule has 28 heavy (non-hydrogen) atoms. The number of likely N-dealkylation sites (tertiary alicyclic amines) is 1. The summed E-state index contributed by atoms with van der Waals surface area (Å²) in [5.74, 6) is 1.61. The number of oxazole rings is 1. The van der Waals surface area contributed by atoms with E-state index in [1.807, 2.05) is 41.3 Å². The van der Waals surface area contributed by atoms with Gasteiger partial charge < -0.3 is 14.1 Å². The van der Waals surface area contributed by atoms with Crippen LogP contribution in [0.25, 0.3) is 11.3 Å². The molecule has 2 aromatic carbocycles. The van der Waals surface area contributed by atoms with Crippen LogP contribution in [0.3, 0.4) is 0 Å². The Kier molecular flexibility index (Phi) is 5.42. The van der Waals surface area contributed by atoms with E-state index in [9.17, 15) is 4.79 Å². The molecule has 1 saturated heterocycles. The van der Waals surface area contributed by atoms with Crippen molar-refractivity contribution in [3.05, 3.63) is 72.2 Å². The van der Waals surface area contributed by atoms with Crippen molar-refractivity contribution in [3.8, 4) is 17.1 Å². The number of methoxy groups -OCH3 is 1. The lowest BCUT2D eigenvalue weighted by atomic mass is 9.99. The van der Waals surface area contributed by atoms with Crippen molar-refractivity contribution >= 4 is 5.91 Å². The summed E-state index contributed by atoms with van der Waals surface area (Å²) in [4.78, 5) is 19.3. The molecule has 144 valence electrons. The number of nitrogens with zero attached hydrogens (tertiary/aromatic N) is 2. The predicted octanol–water partition coefficient (Wildman–Crippen LogP) is 5.11. The first kappa shape index (κ1) is 18.3. The summed E-state index contributed by atoms with van der Waals surface area (Å²) in [5.41, 5.74) is 2.77. The Morgan fingerprint density at radius 3 is 2.54 bits per heavy atom. The van der Waals surface area contributed by atoms with Gasteiger partial charge in [0.25, 0.3) is 5.91 Å². The lowest BCUT2D eigenvalue weighted by Crippen LogP contribution is -2.34. The molecule has 5 heteroatoms. The molecule has 0 unspecified atom stereocenters. The van der Waals surface area contributed by atoms with Crippen LogP contribution in [0.15, 0.2) is 65.5 Å². The summed E-state index contributed by atoms with van der Waals surface area (Å²) in [5, 5.41) is 0. The average Bonchev–Trinajstić information content (AvgIpc) is 3.18. The minimum Gasteiger partial charge on any atom is -0.497 e. The zero-order valence-corrected chi connectivity index (χ0v) is 16.0. The molecular formula is C23H24N2O3. The molecule has 0 spiro atoms. The van der Waals surface area contributed by atoms with Crippen molar-refractivity contribution in [2.24, 2.45) is 0 Å². The topological polar surface area (TPSA) is 55.6 Å². The van der Waals surface area contributed by atoms with E-state index in [4.69, 9.17) is 9.15 Å². The molecule has 1 fully saturated rings. The molecule has 0 radical (unpaired) electrons. The molecule has 0 aliphatic carbocycles. The van der Waals surface area contributed by atoms with Crippen LogP contribution >= 0.6 is 0 Å². The van der Waals surface area contributed by atoms with Gasteiger partial charge in [-0.05, 0) is 42.7 Å². The molecule has 1 aromatic heterocycles. The number of carbonyl (C=O) groups is 1. The predicted molar refractivity (Wildman–Crippen MR) is 107 cm³/mol. The number of benzene rings is 2. The van der Waals surface area contributed by atoms with Crippen LogP contribution in [0.4, 0.5) is 0 Å². The second-order valence-corrected chi connectivity index (χ2v) is 7.08. The quantitative estimate of drug-likeness (QED) is 0.635. The molecule has 2 heterocycles. The monoisotopic (exact) mass is 376 g/mol. The fraction of sp³-hybridized carbons (Fsp3) is 0.304. The van der Waals surface area contributed by atoms with Crippen LogP contribution in [0, 0.1) is 0 Å². The summed E-state index contributed by atoms with van der Waals surface area (Å²) < 4.78 is 10.6. The number of amides is 1. The van der Waals surface area contributed by atoms with E-state index in [-0.39, 0.29) is 11.9 Å². The summed E-state index contributed by atoms with van der Waals surface area (Å²) >= 11 is 0. The third-order valence-corrected chi connectivity index (χ3v) is 5.36. The Morgan fingerprint density at radius 1 is 1.07 bits per heavy atom. The largest absolute Gasteiger partial charge is 0.497 e. The summed E-state index contributed by atoms with van der Waals surface area (Å²) in [6, 6.07) is 15.7. The van der Waals surface area contributed by atoms with Gasteiger partial charge >= 0.3 is 0 Å². The normalized spacial score (nSPS) is 17.2. The smallest absolute Gasteiger partial charge is 0.254 e. The van der Waals surface area contributed by atoms with Gasteiger partial charge in [0.05, 0.1) is 19.3 Å². The van der Waals surface area contributed by atoms with Crippen molar-refractivity contribution in [3.63, 3.8) is 0 Å². The van der Waals surface area contributed by atoms with Crippen molar-refractivity contribution in [2.45, 2.75) is 31.7 Å². The maximum atomic E-state index is 13.3. The molecule has 0 saturated carbocycles. The van der Waals surface area contributed by atoms with Gasteiger partial charge in [-0.15, -0.1) is 0 Å². The Labute approximate surface area is 165 Å². The number of hydrogen-bond acceptors (Lipinski definition) is 4. The molecule has 1 atom stereocenters. The highest BCUT2D eigenvalue weighted by atomic mass is 16.5. The first-order valence-corrected chi connectivity index (χ1v) is 9.70. The number of aromatic nitrogens is 1. The minimum atomic E-state index is 0.0758. The Balaban J connectivity index is 1.59. The van der Waals surface area contributed by atoms with Gasteiger partial charge in [-0.1, -0.05) is 37.1 Å². The summed E-state index contributed by atoms with van der Waals surface area (Å²) in [6.45, 7) is 0.777. The Morgan fingerprint density at radius 2 is 1.86 bits per heavy atom. The number of ether oxygens (including phenoxy) is 1. The van der Waals surface area contributed by atoms with Crippen LogP contribution < -0.4 is 4.74 Å². The van der Waals surface area contributed by atoms with E-state index in [1.165, 1.54) is 6.39 Å². The minimum absolute atomic E-state index is 0.0758. The number of carbonyl (C=O) groups excluding carboxylic acids is 1. The highest BCUT2D eigenvalue weighted by molar-refractivity contribution is 5.95. The van der Waals surface area contributed by atoms with Gasteiger partial charge in [0.2, 0.25) is 0 Å². The molecule has 3 aromatic rings. The van der Waals surface area contributed by atoms with Gasteiger partial charge in [-0.3, -0.25) is 4.79 Å². The van der Waals surface area contributed by atoms with Crippen LogP contribution in [-0.4, -0.2) is 29.4 Å². The van der Waals surface area contributed by atoms with Crippen molar-refractivity contribution < 1.29 is 13.9 Å². The highest BCUT2D eigenvalue weighted by Crippen LogP contribution is 2.32. The zero-order chi connectivity index (χ0) is 19.3. The zero-order valence-electron chi connectivity index (χ0n) is 16.0. The first-order valence-electron chi connectivity index (χ1n) is 9.70. The van der Waals surface area contributed by atoms with Crippen LogP contribution in [0.2, 0.25) is 0 Å². The highest BCUT2D eigenvalue weighted by Gasteiger charge is 2.27. The summed E-state index contributed by atoms with van der Waals surface area (Å²) in [7, 11) is 1.67. The maximum Gasteiger partial charge on any atom is 0.254 e. The number of hydrogen-bond donors (Lipinski definition) is 0. The lowest BCUT2D eigenvalue weighted by molar-refractivity contribution is 0.0681. The average molecular weight is 376 g/mol. The van der Waals surface area contributed by atoms with E-state index in [0.29, 0.717) is 11.3 Å². The van der Waals surface area contributed by atoms with Crippen LogP contribution in [0.5, 0.6) is 5.75 Å². The molecular weight excluding hydrogens is 352 g/mol. The molecule has 1 aliphatic heterocycles. The summed E-state index contributed by atoms with van der Waals surface area (Å²) in [6.07, 6.45) is 7.38. The van der Waals surface area contributed by atoms with E-state index < -0.39 is 0 Å². The van der Waals surface area contributed by atoms with Crippen LogP contribution in [0.1, 0.15) is 47.6 Å². The first-order chi connectivity index (χ1) is 13.8. The molecule has 1 amide bonds. The van der Waals surface area contributed by atoms with Crippen molar-refractivity contribution in [1.82, 2.24) is 9.88 Å². The third-order valence-electron chi connectivity index (χ3n) is 5.36. The van der Waals surface area contributed by atoms with Gasteiger partial charge in [0.1, 0.15) is 5.75 Å². The fourth-order valence-corrected chi connectivity index (χ4v) is 3.83. The van der Waals surface area contributed by atoms with E-state index in [0.717, 1.165) is 49.1 Å². The lowest BCUT2D eigenvalue weighted by Gasteiger charge is -2.31. The SMILES string of the molecule is COc1ccc([C@@H]2CCCCCN2C(=O)c2ccc(-c3cnco3)cc2)cc1. The fourth-order valence-electron chi connectivity index (χ4n) is 3.83. The van der Waals surface area contributed by atoms with Gasteiger partial charge in [0, 0.05) is 17.7 Å². The van der Waals surface area contributed by atoms with Gasteiger partial charge in [-0.2, -0.15) is 0 Å². The van der Waals surface area contributed by atoms with E-state index in [2.05, 4.69) is 17.1 Å². The molecule has 0 N–H and O–H groups in total. The van der Waals surface area contributed by atoms with E-state index in [1.54, 1.807) is 13.3 Å². The number of rotatable bonds is 4. The van der Waals surface area contributed by atoms with Crippen molar-refractivity contribution in [2.75, 3.05) is 13.7 Å². The van der Waals surface area contributed by atoms with Gasteiger partial charge in [0.15, 0.2) is 12.2 Å². The Bertz CT molecular complexity index is 902.